The zero-order chi connectivity index (χ0) is 13.9. The Morgan fingerprint density at radius 2 is 2.06 bits per heavy atom. The molecule has 0 spiro atoms. The second-order valence-corrected chi connectivity index (χ2v) is 4.23. The van der Waals surface area contributed by atoms with E-state index < -0.39 is 24.5 Å². The fraction of sp³-hybridized carbons (Fsp3) is 0.417. The van der Waals surface area contributed by atoms with Gasteiger partial charge in [-0.3, -0.25) is 4.79 Å². The standard InChI is InChI=1S/C12H15F3N2O/c1-7-4-3-5-9(10(7)16)11(18)17-8(2)6-12(13,14)15/h3-5,8H,6,16H2,1-2H3,(H,17,18). The number of hydrogen-bond acceptors (Lipinski definition) is 2. The van der Waals surface area contributed by atoms with Crippen LogP contribution in [-0.4, -0.2) is 18.1 Å². The van der Waals surface area contributed by atoms with Crippen LogP contribution < -0.4 is 11.1 Å². The molecule has 1 atom stereocenters. The fourth-order valence-electron chi connectivity index (χ4n) is 1.58. The molecule has 3 N–H and O–H groups in total. The Morgan fingerprint density at radius 3 is 2.61 bits per heavy atom. The summed E-state index contributed by atoms with van der Waals surface area (Å²) in [5, 5.41) is 2.28. The van der Waals surface area contributed by atoms with Gasteiger partial charge in [0.25, 0.3) is 5.91 Å². The maximum Gasteiger partial charge on any atom is 0.391 e. The van der Waals surface area contributed by atoms with Crippen LogP contribution in [0.25, 0.3) is 0 Å². The number of halogens is 3. The number of amides is 1. The number of rotatable bonds is 3. The van der Waals surface area contributed by atoms with Gasteiger partial charge in [0.15, 0.2) is 0 Å². The summed E-state index contributed by atoms with van der Waals surface area (Å²) in [5.74, 6) is -0.590. The predicted molar refractivity (Wildman–Crippen MR) is 63.2 cm³/mol. The smallest absolute Gasteiger partial charge is 0.391 e. The van der Waals surface area contributed by atoms with Crippen molar-refractivity contribution in [3.63, 3.8) is 0 Å². The zero-order valence-electron chi connectivity index (χ0n) is 10.1. The van der Waals surface area contributed by atoms with E-state index in [1.54, 1.807) is 19.1 Å². The van der Waals surface area contributed by atoms with E-state index in [0.717, 1.165) is 0 Å². The summed E-state index contributed by atoms with van der Waals surface area (Å²) in [4.78, 5) is 11.8. The summed E-state index contributed by atoms with van der Waals surface area (Å²) in [6.07, 6.45) is -5.37. The van der Waals surface area contributed by atoms with Gasteiger partial charge in [-0.05, 0) is 25.5 Å². The Hall–Kier alpha value is -1.72. The SMILES string of the molecule is Cc1cccc(C(=O)NC(C)CC(F)(F)F)c1N. The van der Waals surface area contributed by atoms with Crippen LogP contribution >= 0.6 is 0 Å². The molecule has 0 saturated heterocycles. The molecule has 1 aromatic carbocycles. The molecule has 0 heterocycles. The number of nitrogens with two attached hydrogens (primary N) is 1. The van der Waals surface area contributed by atoms with Crippen molar-refractivity contribution in [1.82, 2.24) is 5.32 Å². The van der Waals surface area contributed by atoms with Crippen LogP contribution in [-0.2, 0) is 0 Å². The van der Waals surface area contributed by atoms with Crippen molar-refractivity contribution < 1.29 is 18.0 Å². The third-order valence-corrected chi connectivity index (χ3v) is 2.48. The number of carbonyl (C=O) groups is 1. The van der Waals surface area contributed by atoms with Crippen molar-refractivity contribution in [2.75, 3.05) is 5.73 Å². The largest absolute Gasteiger partial charge is 0.398 e. The first-order chi connectivity index (χ1) is 8.20. The minimum absolute atomic E-state index is 0.198. The average Bonchev–Trinajstić information content (AvgIpc) is 2.18. The van der Waals surface area contributed by atoms with E-state index in [1.165, 1.54) is 13.0 Å². The quantitative estimate of drug-likeness (QED) is 0.821. The van der Waals surface area contributed by atoms with Crippen LogP contribution in [0.1, 0.15) is 29.3 Å². The number of aryl methyl sites for hydroxylation is 1. The normalized spacial score (nSPS) is 13.2. The molecule has 1 amide bonds. The lowest BCUT2D eigenvalue weighted by atomic mass is 10.1. The van der Waals surface area contributed by atoms with Crippen molar-refractivity contribution in [3.05, 3.63) is 29.3 Å². The van der Waals surface area contributed by atoms with Crippen LogP contribution in [0.15, 0.2) is 18.2 Å². The molecule has 0 aliphatic rings. The molecule has 1 rings (SSSR count). The third-order valence-electron chi connectivity index (χ3n) is 2.48. The number of anilines is 1. The summed E-state index contributed by atoms with van der Waals surface area (Å²) in [7, 11) is 0. The van der Waals surface area contributed by atoms with Gasteiger partial charge in [0.1, 0.15) is 0 Å². The van der Waals surface area contributed by atoms with Crippen LogP contribution in [0.5, 0.6) is 0 Å². The molecule has 0 radical (unpaired) electrons. The van der Waals surface area contributed by atoms with Crippen molar-refractivity contribution in [1.29, 1.82) is 0 Å². The highest BCUT2D eigenvalue weighted by molar-refractivity contribution is 5.99. The third kappa shape index (κ3) is 3.94. The molecule has 0 saturated carbocycles. The van der Waals surface area contributed by atoms with Gasteiger partial charge in [-0.15, -0.1) is 0 Å². The molecule has 0 aliphatic carbocycles. The van der Waals surface area contributed by atoms with Gasteiger partial charge in [-0.25, -0.2) is 0 Å². The van der Waals surface area contributed by atoms with Crippen molar-refractivity contribution >= 4 is 11.6 Å². The molecule has 0 fully saturated rings. The summed E-state index contributed by atoms with van der Waals surface area (Å²) in [5.41, 5.74) is 6.90. The lowest BCUT2D eigenvalue weighted by molar-refractivity contribution is -0.138. The van der Waals surface area contributed by atoms with Crippen LogP contribution in [0, 0.1) is 6.92 Å². The molecular formula is C12H15F3N2O. The molecule has 1 unspecified atom stereocenters. The maximum atomic E-state index is 12.1. The Kier molecular flexibility index (Phi) is 4.21. The summed E-state index contributed by atoms with van der Waals surface area (Å²) < 4.78 is 36.4. The topological polar surface area (TPSA) is 55.1 Å². The van der Waals surface area contributed by atoms with E-state index >= 15 is 0 Å². The first-order valence-corrected chi connectivity index (χ1v) is 5.43. The monoisotopic (exact) mass is 260 g/mol. The highest BCUT2D eigenvalue weighted by Crippen LogP contribution is 2.22. The number of nitrogen functional groups attached to an aromatic ring is 1. The molecule has 0 aromatic heterocycles. The van der Waals surface area contributed by atoms with Gasteiger partial charge in [0.2, 0.25) is 0 Å². The number of alkyl halides is 3. The summed E-state index contributed by atoms with van der Waals surface area (Å²) in [6.45, 7) is 3.03. The zero-order valence-corrected chi connectivity index (χ0v) is 10.1. The van der Waals surface area contributed by atoms with Gasteiger partial charge < -0.3 is 11.1 Å². The van der Waals surface area contributed by atoms with E-state index in [4.69, 9.17) is 5.73 Å². The lowest BCUT2D eigenvalue weighted by Gasteiger charge is -2.16. The molecule has 3 nitrogen and oxygen atoms in total. The maximum absolute atomic E-state index is 12.1. The molecule has 0 bridgehead atoms. The Labute approximate surface area is 103 Å². The van der Waals surface area contributed by atoms with Gasteiger partial charge >= 0.3 is 6.18 Å². The van der Waals surface area contributed by atoms with E-state index in [0.29, 0.717) is 5.56 Å². The molecular weight excluding hydrogens is 245 g/mol. The second kappa shape index (κ2) is 5.29. The summed E-state index contributed by atoms with van der Waals surface area (Å²) >= 11 is 0. The molecule has 6 heteroatoms. The first-order valence-electron chi connectivity index (χ1n) is 5.43. The van der Waals surface area contributed by atoms with E-state index in [9.17, 15) is 18.0 Å². The highest BCUT2D eigenvalue weighted by atomic mass is 19.4. The number of nitrogens with one attached hydrogen (secondary N) is 1. The van der Waals surface area contributed by atoms with Crippen LogP contribution in [0.2, 0.25) is 0 Å². The first kappa shape index (κ1) is 14.3. The highest BCUT2D eigenvalue weighted by Gasteiger charge is 2.30. The second-order valence-electron chi connectivity index (χ2n) is 4.23. The number of para-hydroxylation sites is 1. The van der Waals surface area contributed by atoms with Gasteiger partial charge in [0.05, 0.1) is 12.0 Å². The number of carbonyl (C=O) groups excluding carboxylic acids is 1. The Balaban J connectivity index is 2.74. The molecule has 100 valence electrons. The van der Waals surface area contributed by atoms with Crippen LogP contribution in [0.3, 0.4) is 0 Å². The minimum Gasteiger partial charge on any atom is -0.398 e. The van der Waals surface area contributed by atoms with E-state index in [1.807, 2.05) is 0 Å². The molecule has 1 aromatic rings. The molecule has 18 heavy (non-hydrogen) atoms. The van der Waals surface area contributed by atoms with Gasteiger partial charge in [-0.1, -0.05) is 12.1 Å². The summed E-state index contributed by atoms with van der Waals surface area (Å²) in [6, 6.07) is 3.86. The van der Waals surface area contributed by atoms with Crippen LogP contribution in [0.4, 0.5) is 18.9 Å². The number of benzene rings is 1. The Bertz CT molecular complexity index is 443. The van der Waals surface area contributed by atoms with E-state index in [-0.39, 0.29) is 11.3 Å². The molecule has 0 aliphatic heterocycles. The number of hydrogen-bond donors (Lipinski definition) is 2. The fourth-order valence-corrected chi connectivity index (χ4v) is 1.58. The van der Waals surface area contributed by atoms with Crippen molar-refractivity contribution in [2.24, 2.45) is 0 Å². The van der Waals surface area contributed by atoms with Crippen molar-refractivity contribution in [2.45, 2.75) is 32.5 Å². The minimum atomic E-state index is -4.30. The van der Waals surface area contributed by atoms with Gasteiger partial charge in [-0.2, -0.15) is 13.2 Å². The lowest BCUT2D eigenvalue weighted by Crippen LogP contribution is -2.36. The average molecular weight is 260 g/mol. The Morgan fingerprint density at radius 1 is 1.44 bits per heavy atom. The predicted octanol–water partition coefficient (Wildman–Crippen LogP) is 2.65. The van der Waals surface area contributed by atoms with Gasteiger partial charge in [0, 0.05) is 11.7 Å². The van der Waals surface area contributed by atoms with Crippen molar-refractivity contribution in [3.8, 4) is 0 Å². The van der Waals surface area contributed by atoms with E-state index in [2.05, 4.69) is 5.32 Å².